The Morgan fingerprint density at radius 1 is 0.967 bits per heavy atom. The number of aromatic nitrogens is 4. The molecule has 0 spiro atoms. The first-order valence-electron chi connectivity index (χ1n) is 8.90. The Hall–Kier alpha value is -2.87. The van der Waals surface area contributed by atoms with Gasteiger partial charge in [0.1, 0.15) is 0 Å². The Bertz CT molecular complexity index is 1170. The number of pyridine rings is 1. The van der Waals surface area contributed by atoms with Gasteiger partial charge in [-0.1, -0.05) is 41.0 Å². The first-order chi connectivity index (χ1) is 14.6. The average Bonchev–Trinajstić information content (AvgIpc) is 3.17. The number of carbonyl (C=O) groups is 1. The molecule has 4 rings (SSSR count). The van der Waals surface area contributed by atoms with E-state index in [9.17, 15) is 4.79 Å². The maximum absolute atomic E-state index is 12.4. The molecule has 0 radical (unpaired) electrons. The largest absolute Gasteiger partial charge is 0.325 e. The molecule has 0 saturated carbocycles. The lowest BCUT2D eigenvalue weighted by molar-refractivity contribution is -0.113. The van der Waals surface area contributed by atoms with Gasteiger partial charge < -0.3 is 5.32 Å². The second-order valence-electron chi connectivity index (χ2n) is 6.20. The minimum Gasteiger partial charge on any atom is -0.325 e. The first kappa shape index (κ1) is 20.4. The summed E-state index contributed by atoms with van der Waals surface area (Å²) in [6.07, 6.45) is 3.39. The van der Waals surface area contributed by atoms with E-state index in [1.165, 1.54) is 11.8 Å². The highest BCUT2D eigenvalue weighted by Gasteiger charge is 2.17. The Morgan fingerprint density at radius 3 is 2.47 bits per heavy atom. The third-order valence-electron chi connectivity index (χ3n) is 4.10. The molecule has 0 aliphatic heterocycles. The van der Waals surface area contributed by atoms with Gasteiger partial charge in [-0.2, -0.15) is 0 Å². The number of nitrogens with one attached hydrogen (secondary N) is 1. The number of hydrogen-bond acceptors (Lipinski definition) is 5. The van der Waals surface area contributed by atoms with E-state index in [2.05, 4.69) is 20.5 Å². The Kier molecular flexibility index (Phi) is 6.32. The number of carbonyl (C=O) groups excluding carboxylic acids is 1. The lowest BCUT2D eigenvalue weighted by Gasteiger charge is -2.10. The molecule has 0 aliphatic rings. The summed E-state index contributed by atoms with van der Waals surface area (Å²) in [6, 6.07) is 18.1. The molecule has 2 heterocycles. The molecule has 4 aromatic rings. The van der Waals surface area contributed by atoms with E-state index >= 15 is 0 Å². The van der Waals surface area contributed by atoms with Gasteiger partial charge in [-0.3, -0.25) is 14.3 Å². The van der Waals surface area contributed by atoms with Crippen LogP contribution >= 0.6 is 35.0 Å². The van der Waals surface area contributed by atoms with Crippen LogP contribution in [0, 0.1) is 0 Å². The summed E-state index contributed by atoms with van der Waals surface area (Å²) in [5.41, 5.74) is 2.35. The van der Waals surface area contributed by atoms with E-state index in [0.29, 0.717) is 26.7 Å². The minimum atomic E-state index is -0.168. The molecular formula is C21H15Cl2N5OS. The summed E-state index contributed by atoms with van der Waals surface area (Å²) < 4.78 is 1.89. The zero-order valence-electron chi connectivity index (χ0n) is 15.5. The Morgan fingerprint density at radius 2 is 1.73 bits per heavy atom. The van der Waals surface area contributed by atoms with Crippen LogP contribution in [0.5, 0.6) is 0 Å². The van der Waals surface area contributed by atoms with E-state index in [1.54, 1.807) is 48.8 Å². The first-order valence-corrected chi connectivity index (χ1v) is 10.6. The molecule has 2 aromatic carbocycles. The van der Waals surface area contributed by atoms with Gasteiger partial charge >= 0.3 is 0 Å². The molecule has 0 atom stereocenters. The van der Waals surface area contributed by atoms with Gasteiger partial charge in [0.15, 0.2) is 11.0 Å². The van der Waals surface area contributed by atoms with Crippen molar-refractivity contribution in [1.29, 1.82) is 0 Å². The fourth-order valence-corrected chi connectivity index (χ4v) is 3.84. The number of nitrogens with zero attached hydrogens (tertiary/aromatic N) is 4. The predicted octanol–water partition coefficient (Wildman–Crippen LogP) is 5.37. The molecule has 1 N–H and O–H groups in total. The third kappa shape index (κ3) is 4.81. The van der Waals surface area contributed by atoms with Crippen molar-refractivity contribution in [2.45, 2.75) is 5.16 Å². The van der Waals surface area contributed by atoms with Gasteiger partial charge in [0.2, 0.25) is 5.91 Å². The van der Waals surface area contributed by atoms with Crippen molar-refractivity contribution >= 4 is 46.6 Å². The highest BCUT2D eigenvalue weighted by molar-refractivity contribution is 7.99. The predicted molar refractivity (Wildman–Crippen MR) is 120 cm³/mol. The second kappa shape index (κ2) is 9.30. The Balaban J connectivity index is 1.59. The maximum Gasteiger partial charge on any atom is 0.234 e. The van der Waals surface area contributed by atoms with Gasteiger partial charge in [-0.25, -0.2) is 0 Å². The van der Waals surface area contributed by atoms with Crippen LogP contribution in [0.25, 0.3) is 17.1 Å². The molecule has 30 heavy (non-hydrogen) atoms. The van der Waals surface area contributed by atoms with Crippen LogP contribution in [0.15, 0.2) is 78.2 Å². The van der Waals surface area contributed by atoms with Crippen molar-refractivity contribution in [2.75, 3.05) is 11.1 Å². The minimum absolute atomic E-state index is 0.161. The van der Waals surface area contributed by atoms with Crippen molar-refractivity contribution in [3.8, 4) is 17.1 Å². The van der Waals surface area contributed by atoms with Crippen molar-refractivity contribution in [2.24, 2.45) is 0 Å². The molecule has 9 heteroatoms. The number of halogens is 2. The van der Waals surface area contributed by atoms with Crippen LogP contribution in [0.4, 0.5) is 5.69 Å². The van der Waals surface area contributed by atoms with Gasteiger partial charge in [0, 0.05) is 39.4 Å². The SMILES string of the molecule is O=C(CSc1nnc(-c2ccncc2)n1-c1ccc(Cl)cc1)Nc1cccc(Cl)c1. The molecule has 0 bridgehead atoms. The number of rotatable bonds is 6. The smallest absolute Gasteiger partial charge is 0.234 e. The highest BCUT2D eigenvalue weighted by atomic mass is 35.5. The standard InChI is InChI=1S/C21H15Cl2N5OS/c22-15-4-6-18(7-5-15)28-20(14-8-10-24-11-9-14)26-27-21(28)30-13-19(29)25-17-3-1-2-16(23)12-17/h1-12H,13H2,(H,25,29). The van der Waals surface area contributed by atoms with Gasteiger partial charge in [0.05, 0.1) is 5.75 Å². The number of hydrogen-bond donors (Lipinski definition) is 1. The monoisotopic (exact) mass is 455 g/mol. The average molecular weight is 456 g/mol. The number of anilines is 1. The fourth-order valence-electron chi connectivity index (χ4n) is 2.77. The topological polar surface area (TPSA) is 72.7 Å². The summed E-state index contributed by atoms with van der Waals surface area (Å²) >= 11 is 13.3. The van der Waals surface area contributed by atoms with Gasteiger partial charge in [-0.15, -0.1) is 10.2 Å². The number of amides is 1. The van der Waals surface area contributed by atoms with Crippen LogP contribution in [0.3, 0.4) is 0 Å². The molecular weight excluding hydrogens is 441 g/mol. The second-order valence-corrected chi connectivity index (χ2v) is 8.02. The van der Waals surface area contributed by atoms with Crippen LogP contribution in [0.1, 0.15) is 0 Å². The van der Waals surface area contributed by atoms with Crippen molar-refractivity contribution in [1.82, 2.24) is 19.7 Å². The molecule has 0 unspecified atom stereocenters. The fraction of sp³-hybridized carbons (Fsp3) is 0.0476. The zero-order chi connectivity index (χ0) is 20.9. The van der Waals surface area contributed by atoms with Crippen molar-refractivity contribution < 1.29 is 4.79 Å². The van der Waals surface area contributed by atoms with Crippen LogP contribution in [-0.4, -0.2) is 31.4 Å². The summed E-state index contributed by atoms with van der Waals surface area (Å²) in [5.74, 6) is 0.644. The van der Waals surface area contributed by atoms with Gasteiger partial charge in [0.25, 0.3) is 0 Å². The summed E-state index contributed by atoms with van der Waals surface area (Å²) in [5, 5.41) is 13.3. The quantitative estimate of drug-likeness (QED) is 0.395. The summed E-state index contributed by atoms with van der Waals surface area (Å²) in [6.45, 7) is 0. The lowest BCUT2D eigenvalue weighted by atomic mass is 10.2. The van der Waals surface area contributed by atoms with E-state index in [-0.39, 0.29) is 11.7 Å². The van der Waals surface area contributed by atoms with E-state index in [4.69, 9.17) is 23.2 Å². The molecule has 2 aromatic heterocycles. The zero-order valence-corrected chi connectivity index (χ0v) is 17.8. The van der Waals surface area contributed by atoms with Crippen molar-refractivity contribution in [3.05, 3.63) is 83.1 Å². The van der Waals surface area contributed by atoms with Crippen LogP contribution in [0.2, 0.25) is 10.0 Å². The molecule has 6 nitrogen and oxygen atoms in total. The van der Waals surface area contributed by atoms with Crippen molar-refractivity contribution in [3.63, 3.8) is 0 Å². The number of thioether (sulfide) groups is 1. The normalized spacial score (nSPS) is 10.7. The molecule has 0 aliphatic carbocycles. The summed E-state index contributed by atoms with van der Waals surface area (Å²) in [7, 11) is 0. The van der Waals surface area contributed by atoms with Crippen LogP contribution in [-0.2, 0) is 4.79 Å². The number of benzene rings is 2. The van der Waals surface area contributed by atoms with Gasteiger partial charge in [-0.05, 0) is 54.6 Å². The summed E-state index contributed by atoms with van der Waals surface area (Å²) in [4.78, 5) is 16.5. The molecule has 1 amide bonds. The molecule has 0 fully saturated rings. The van der Waals surface area contributed by atoms with E-state index in [0.717, 1.165) is 11.3 Å². The van der Waals surface area contributed by atoms with E-state index < -0.39 is 0 Å². The molecule has 150 valence electrons. The highest BCUT2D eigenvalue weighted by Crippen LogP contribution is 2.28. The third-order valence-corrected chi connectivity index (χ3v) is 5.51. The Labute approximate surface area is 187 Å². The van der Waals surface area contributed by atoms with Crippen LogP contribution < -0.4 is 5.32 Å². The molecule has 0 saturated heterocycles. The lowest BCUT2D eigenvalue weighted by Crippen LogP contribution is -2.14. The maximum atomic E-state index is 12.4. The van der Waals surface area contributed by atoms with E-state index in [1.807, 2.05) is 28.8 Å².